The van der Waals surface area contributed by atoms with E-state index < -0.39 is 5.91 Å². The molecule has 0 unspecified atom stereocenters. The molecule has 5 nitrogen and oxygen atoms in total. The van der Waals surface area contributed by atoms with Crippen LogP contribution in [0.3, 0.4) is 0 Å². The van der Waals surface area contributed by atoms with Crippen molar-refractivity contribution < 1.29 is 14.4 Å². The Morgan fingerprint density at radius 2 is 1.88 bits per heavy atom. The fourth-order valence-electron chi connectivity index (χ4n) is 2.45. The lowest BCUT2D eigenvalue weighted by Crippen LogP contribution is -2.26. The molecule has 0 aliphatic heterocycles. The first-order valence-corrected chi connectivity index (χ1v) is 7.64. The molecule has 0 heterocycles. The summed E-state index contributed by atoms with van der Waals surface area (Å²) in [5.41, 5.74) is 10.2. The van der Waals surface area contributed by atoms with Gasteiger partial charge in [-0.2, -0.15) is 0 Å². The van der Waals surface area contributed by atoms with E-state index in [4.69, 9.17) is 15.3 Å². The van der Waals surface area contributed by atoms with Crippen LogP contribution >= 0.6 is 0 Å². The molecule has 0 saturated carbocycles. The lowest BCUT2D eigenvalue weighted by molar-refractivity contribution is -0.112. The summed E-state index contributed by atoms with van der Waals surface area (Å²) in [6.07, 6.45) is 0. The van der Waals surface area contributed by atoms with Gasteiger partial charge in [0.05, 0.1) is 0 Å². The smallest absolute Gasteiger partial charge is 0.271 e. The van der Waals surface area contributed by atoms with E-state index >= 15 is 0 Å². The van der Waals surface area contributed by atoms with Gasteiger partial charge in [-0.05, 0) is 43.5 Å². The fourth-order valence-corrected chi connectivity index (χ4v) is 2.45. The number of rotatable bonds is 6. The number of hydrogen-bond acceptors (Lipinski definition) is 4. The van der Waals surface area contributed by atoms with Crippen LogP contribution in [0.2, 0.25) is 0 Å². The first-order chi connectivity index (χ1) is 11.4. The highest BCUT2D eigenvalue weighted by Crippen LogP contribution is 2.23. The van der Waals surface area contributed by atoms with E-state index in [1.165, 1.54) is 7.11 Å². The van der Waals surface area contributed by atoms with Crippen LogP contribution in [0.4, 0.5) is 0 Å². The number of aryl methyl sites for hydroxylation is 3. The van der Waals surface area contributed by atoms with Crippen molar-refractivity contribution in [3.05, 3.63) is 64.2 Å². The maximum absolute atomic E-state index is 11.7. The van der Waals surface area contributed by atoms with Crippen LogP contribution in [0.25, 0.3) is 0 Å². The van der Waals surface area contributed by atoms with Gasteiger partial charge < -0.3 is 15.3 Å². The van der Waals surface area contributed by atoms with Gasteiger partial charge in [-0.15, -0.1) is 0 Å². The largest absolute Gasteiger partial charge is 0.489 e. The molecule has 1 amide bonds. The number of carbonyl (C=O) groups is 1. The van der Waals surface area contributed by atoms with Crippen molar-refractivity contribution in [3.8, 4) is 5.75 Å². The molecule has 126 valence electrons. The molecule has 0 atom stereocenters. The van der Waals surface area contributed by atoms with Crippen molar-refractivity contribution >= 4 is 11.6 Å². The maximum Gasteiger partial charge on any atom is 0.271 e. The number of amides is 1. The Kier molecular flexibility index (Phi) is 5.58. The van der Waals surface area contributed by atoms with Gasteiger partial charge in [0.25, 0.3) is 5.91 Å². The van der Waals surface area contributed by atoms with Crippen molar-refractivity contribution in [2.75, 3.05) is 7.11 Å². The third kappa shape index (κ3) is 3.93. The number of oxime groups is 1. The molecule has 0 aromatic heterocycles. The molecule has 0 saturated heterocycles. The molecule has 0 aliphatic rings. The predicted molar refractivity (Wildman–Crippen MR) is 94.2 cm³/mol. The monoisotopic (exact) mass is 326 g/mol. The Morgan fingerprint density at radius 3 is 2.54 bits per heavy atom. The van der Waals surface area contributed by atoms with E-state index in [1.807, 2.05) is 51.1 Å². The second-order valence-corrected chi connectivity index (χ2v) is 5.65. The normalized spacial score (nSPS) is 11.2. The summed E-state index contributed by atoms with van der Waals surface area (Å²) in [7, 11) is 1.38. The van der Waals surface area contributed by atoms with Gasteiger partial charge in [-0.3, -0.25) is 4.79 Å². The average Bonchev–Trinajstić information content (AvgIpc) is 2.54. The Bertz CT molecular complexity index is 782. The topological polar surface area (TPSA) is 73.9 Å². The van der Waals surface area contributed by atoms with Crippen molar-refractivity contribution in [2.45, 2.75) is 27.4 Å². The van der Waals surface area contributed by atoms with E-state index in [2.05, 4.69) is 5.16 Å². The van der Waals surface area contributed by atoms with Gasteiger partial charge in [-0.1, -0.05) is 35.5 Å². The van der Waals surface area contributed by atoms with E-state index in [9.17, 15) is 4.79 Å². The minimum Gasteiger partial charge on any atom is -0.489 e. The highest BCUT2D eigenvalue weighted by atomic mass is 16.6. The number of ether oxygens (including phenoxy) is 1. The zero-order valence-corrected chi connectivity index (χ0v) is 14.4. The Labute approximate surface area is 142 Å². The Balaban J connectivity index is 2.38. The van der Waals surface area contributed by atoms with Crippen LogP contribution in [0.5, 0.6) is 5.75 Å². The molecular formula is C19H22N2O3. The van der Waals surface area contributed by atoms with Gasteiger partial charge in [0.15, 0.2) is 5.71 Å². The first-order valence-electron chi connectivity index (χ1n) is 7.64. The standard InChI is InChI=1S/C19H22N2O3/c1-12-8-9-14(3)17(10-12)24-11-16-13(2)6-5-7-15(16)18(19(20)22)21-23-4/h5-10H,11H2,1-4H3,(H2,20,22)/b21-18+. The van der Waals surface area contributed by atoms with Crippen molar-refractivity contribution in [1.29, 1.82) is 0 Å². The third-order valence-electron chi connectivity index (χ3n) is 3.80. The van der Waals surface area contributed by atoms with Crippen LogP contribution in [-0.4, -0.2) is 18.7 Å². The van der Waals surface area contributed by atoms with Crippen LogP contribution in [0.1, 0.15) is 27.8 Å². The first kappa shape index (κ1) is 17.5. The fraction of sp³-hybridized carbons (Fsp3) is 0.263. The summed E-state index contributed by atoms with van der Waals surface area (Å²) in [6, 6.07) is 11.6. The van der Waals surface area contributed by atoms with E-state index in [1.54, 1.807) is 6.07 Å². The molecule has 2 N–H and O–H groups in total. The van der Waals surface area contributed by atoms with Crippen molar-refractivity contribution in [2.24, 2.45) is 10.9 Å². The number of hydrogen-bond donors (Lipinski definition) is 1. The maximum atomic E-state index is 11.7. The lowest BCUT2D eigenvalue weighted by atomic mass is 9.98. The second-order valence-electron chi connectivity index (χ2n) is 5.65. The third-order valence-corrected chi connectivity index (χ3v) is 3.80. The quantitative estimate of drug-likeness (QED) is 0.655. The summed E-state index contributed by atoms with van der Waals surface area (Å²) >= 11 is 0. The second kappa shape index (κ2) is 7.64. The number of benzene rings is 2. The van der Waals surface area contributed by atoms with Gasteiger partial charge in [0, 0.05) is 11.1 Å². The Hall–Kier alpha value is -2.82. The van der Waals surface area contributed by atoms with Gasteiger partial charge in [0.1, 0.15) is 19.5 Å². The predicted octanol–water partition coefficient (Wildman–Crippen LogP) is 3.03. The van der Waals surface area contributed by atoms with Crippen LogP contribution < -0.4 is 10.5 Å². The highest BCUT2D eigenvalue weighted by molar-refractivity contribution is 6.45. The lowest BCUT2D eigenvalue weighted by Gasteiger charge is -2.15. The molecule has 2 aromatic rings. The summed E-state index contributed by atoms with van der Waals surface area (Å²) in [5.74, 6) is 0.170. The van der Waals surface area contributed by atoms with Crippen molar-refractivity contribution in [1.82, 2.24) is 0 Å². The molecule has 5 heteroatoms. The van der Waals surface area contributed by atoms with Crippen LogP contribution in [0, 0.1) is 20.8 Å². The summed E-state index contributed by atoms with van der Waals surface area (Å²) in [6.45, 7) is 6.27. The Morgan fingerprint density at radius 1 is 1.12 bits per heavy atom. The average molecular weight is 326 g/mol. The number of carbonyl (C=O) groups excluding carboxylic acids is 1. The van der Waals surface area contributed by atoms with Crippen LogP contribution in [-0.2, 0) is 16.2 Å². The van der Waals surface area contributed by atoms with Crippen molar-refractivity contribution in [3.63, 3.8) is 0 Å². The summed E-state index contributed by atoms with van der Waals surface area (Å²) < 4.78 is 5.99. The van der Waals surface area contributed by atoms with Crippen LogP contribution in [0.15, 0.2) is 41.6 Å². The number of nitrogens with zero attached hydrogens (tertiary/aromatic N) is 1. The van der Waals surface area contributed by atoms with E-state index in [0.29, 0.717) is 12.2 Å². The van der Waals surface area contributed by atoms with Gasteiger partial charge in [0.2, 0.25) is 0 Å². The summed E-state index contributed by atoms with van der Waals surface area (Å²) in [4.78, 5) is 16.5. The molecule has 0 bridgehead atoms. The number of primary amides is 1. The minimum absolute atomic E-state index is 0.0840. The molecule has 2 rings (SSSR count). The summed E-state index contributed by atoms with van der Waals surface area (Å²) in [5, 5.41) is 3.77. The molecular weight excluding hydrogens is 304 g/mol. The van der Waals surface area contributed by atoms with Gasteiger partial charge >= 0.3 is 0 Å². The van der Waals surface area contributed by atoms with E-state index in [0.717, 1.165) is 28.0 Å². The zero-order valence-electron chi connectivity index (χ0n) is 14.4. The molecule has 0 fully saturated rings. The minimum atomic E-state index is -0.643. The SMILES string of the molecule is CO/N=C(/C(N)=O)c1cccc(C)c1COc1cc(C)ccc1C. The molecule has 0 spiro atoms. The molecule has 0 radical (unpaired) electrons. The molecule has 24 heavy (non-hydrogen) atoms. The van der Waals surface area contributed by atoms with E-state index in [-0.39, 0.29) is 5.71 Å². The zero-order chi connectivity index (χ0) is 17.7. The molecule has 2 aromatic carbocycles. The molecule has 0 aliphatic carbocycles. The highest BCUT2D eigenvalue weighted by Gasteiger charge is 2.18. The van der Waals surface area contributed by atoms with Gasteiger partial charge in [-0.25, -0.2) is 0 Å². The number of nitrogens with two attached hydrogens (primary N) is 1.